The summed E-state index contributed by atoms with van der Waals surface area (Å²) >= 11 is 0. The van der Waals surface area contributed by atoms with E-state index in [1.165, 1.54) is 36.1 Å². The minimum atomic E-state index is -0.259. The SMILES string of the molecule is C/C(=C1\C(=C/N)N=C(c2ccncc2-c2ccc(F)cc2)NC1N1CCNCC1)C1CC1. The quantitative estimate of drug-likeness (QED) is 0.692. The lowest BCUT2D eigenvalue weighted by molar-refractivity contribution is 0.182. The van der Waals surface area contributed by atoms with Gasteiger partial charge in [-0.3, -0.25) is 9.88 Å². The van der Waals surface area contributed by atoms with Crippen LogP contribution in [-0.2, 0) is 0 Å². The molecule has 2 aliphatic heterocycles. The second kappa shape index (κ2) is 8.84. The van der Waals surface area contributed by atoms with Crippen molar-refractivity contribution in [2.24, 2.45) is 16.6 Å². The molecule has 1 aromatic heterocycles. The lowest BCUT2D eigenvalue weighted by Gasteiger charge is -2.40. The highest BCUT2D eigenvalue weighted by atomic mass is 19.1. The highest BCUT2D eigenvalue weighted by molar-refractivity contribution is 6.06. The summed E-state index contributed by atoms with van der Waals surface area (Å²) in [6.07, 6.45) is 7.68. The minimum absolute atomic E-state index is 0.00855. The smallest absolute Gasteiger partial charge is 0.136 e. The van der Waals surface area contributed by atoms with Gasteiger partial charge in [0.1, 0.15) is 17.8 Å². The van der Waals surface area contributed by atoms with Crippen molar-refractivity contribution in [1.29, 1.82) is 0 Å². The fourth-order valence-corrected chi connectivity index (χ4v) is 4.65. The number of aromatic nitrogens is 1. The number of nitrogens with zero attached hydrogens (tertiary/aromatic N) is 3. The van der Waals surface area contributed by atoms with E-state index in [1.807, 2.05) is 6.07 Å². The first-order valence-corrected chi connectivity index (χ1v) is 11.3. The molecule has 0 amide bonds. The van der Waals surface area contributed by atoms with Crippen LogP contribution >= 0.6 is 0 Å². The normalized spacial score (nSPS) is 24.8. The number of aliphatic imine (C=N–C) groups is 1. The molecule has 1 atom stereocenters. The molecule has 7 heteroatoms. The van der Waals surface area contributed by atoms with E-state index in [0.717, 1.165) is 54.4 Å². The maximum atomic E-state index is 13.5. The lowest BCUT2D eigenvalue weighted by Crippen LogP contribution is -2.57. The maximum Gasteiger partial charge on any atom is 0.136 e. The third-order valence-corrected chi connectivity index (χ3v) is 6.58. The van der Waals surface area contributed by atoms with E-state index in [1.54, 1.807) is 30.7 Å². The highest BCUT2D eigenvalue weighted by Gasteiger charge is 2.36. The molecule has 1 unspecified atom stereocenters. The summed E-state index contributed by atoms with van der Waals surface area (Å²) in [5.74, 6) is 1.13. The van der Waals surface area contributed by atoms with Crippen LogP contribution in [-0.4, -0.2) is 48.1 Å². The average molecular weight is 433 g/mol. The van der Waals surface area contributed by atoms with Gasteiger partial charge in [0.15, 0.2) is 0 Å². The number of allylic oxidation sites excluding steroid dienone is 1. The predicted molar refractivity (Wildman–Crippen MR) is 125 cm³/mol. The Morgan fingerprint density at radius 2 is 1.88 bits per heavy atom. The minimum Gasteiger partial charge on any atom is -0.403 e. The molecule has 0 radical (unpaired) electrons. The van der Waals surface area contributed by atoms with Crippen LogP contribution in [0.1, 0.15) is 25.3 Å². The molecule has 1 saturated carbocycles. The third kappa shape index (κ3) is 4.06. The molecule has 1 aromatic carbocycles. The van der Waals surface area contributed by atoms with Gasteiger partial charge in [-0.2, -0.15) is 0 Å². The Morgan fingerprint density at radius 3 is 2.56 bits per heavy atom. The summed E-state index contributed by atoms with van der Waals surface area (Å²) in [6.45, 7) is 6.04. The summed E-state index contributed by atoms with van der Waals surface area (Å²) in [5.41, 5.74) is 12.3. The molecule has 2 fully saturated rings. The first-order valence-electron chi connectivity index (χ1n) is 11.3. The van der Waals surface area contributed by atoms with E-state index in [9.17, 15) is 4.39 Å². The fraction of sp³-hybridized carbons (Fsp3) is 0.360. The number of halogens is 1. The summed E-state index contributed by atoms with van der Waals surface area (Å²) in [5, 5.41) is 7.17. The van der Waals surface area contributed by atoms with Gasteiger partial charge in [0.2, 0.25) is 0 Å². The zero-order chi connectivity index (χ0) is 22.1. The number of hydrogen-bond donors (Lipinski definition) is 3. The summed E-state index contributed by atoms with van der Waals surface area (Å²) in [7, 11) is 0. The zero-order valence-electron chi connectivity index (χ0n) is 18.3. The Bertz CT molecular complexity index is 1080. The number of pyridine rings is 1. The molecule has 2 aromatic rings. The molecule has 6 nitrogen and oxygen atoms in total. The molecular formula is C25H29FN6. The van der Waals surface area contributed by atoms with Gasteiger partial charge in [0.25, 0.3) is 0 Å². The molecule has 4 N–H and O–H groups in total. The van der Waals surface area contributed by atoms with Crippen LogP contribution in [0.3, 0.4) is 0 Å². The van der Waals surface area contributed by atoms with E-state index < -0.39 is 0 Å². The highest BCUT2D eigenvalue weighted by Crippen LogP contribution is 2.41. The van der Waals surface area contributed by atoms with Crippen LogP contribution in [0.25, 0.3) is 11.1 Å². The number of hydrogen-bond acceptors (Lipinski definition) is 6. The molecule has 1 aliphatic carbocycles. The number of rotatable bonds is 4. The number of nitrogens with one attached hydrogen (secondary N) is 2. The van der Waals surface area contributed by atoms with E-state index in [4.69, 9.17) is 10.7 Å². The van der Waals surface area contributed by atoms with Crippen molar-refractivity contribution in [3.8, 4) is 11.1 Å². The van der Waals surface area contributed by atoms with E-state index in [-0.39, 0.29) is 12.0 Å². The van der Waals surface area contributed by atoms with Crippen LogP contribution < -0.4 is 16.4 Å². The largest absolute Gasteiger partial charge is 0.403 e. The molecule has 0 spiro atoms. The Hall–Kier alpha value is -3.03. The Morgan fingerprint density at radius 1 is 1.12 bits per heavy atom. The van der Waals surface area contributed by atoms with Gasteiger partial charge in [0.05, 0.1) is 5.70 Å². The molecule has 3 heterocycles. The average Bonchev–Trinajstić information content (AvgIpc) is 3.69. The van der Waals surface area contributed by atoms with E-state index >= 15 is 0 Å². The molecule has 0 bridgehead atoms. The molecule has 1 saturated heterocycles. The van der Waals surface area contributed by atoms with Crippen molar-refractivity contribution in [2.75, 3.05) is 26.2 Å². The number of nitrogens with two attached hydrogens (primary N) is 1. The van der Waals surface area contributed by atoms with Gasteiger partial charge in [-0.05, 0) is 49.4 Å². The van der Waals surface area contributed by atoms with Gasteiger partial charge in [-0.15, -0.1) is 0 Å². The summed E-state index contributed by atoms with van der Waals surface area (Å²) < 4.78 is 13.5. The van der Waals surface area contributed by atoms with Crippen LogP contribution in [0.5, 0.6) is 0 Å². The van der Waals surface area contributed by atoms with Crippen molar-refractivity contribution >= 4 is 5.84 Å². The van der Waals surface area contributed by atoms with Crippen molar-refractivity contribution in [1.82, 2.24) is 20.5 Å². The predicted octanol–water partition coefficient (Wildman–Crippen LogP) is 3.00. The first kappa shape index (κ1) is 20.8. The summed E-state index contributed by atoms with van der Waals surface area (Å²) in [6, 6.07) is 8.44. The standard InChI is InChI=1S/C25H29FN6/c1-16(17-2-3-17)23-22(14-27)30-24(31-25(23)32-12-10-28-11-13-32)20-8-9-29-15-21(20)18-4-6-19(26)7-5-18/h4-9,14-15,17,25,28H,2-3,10-13,27H2,1H3,(H,30,31)/b22-14+,23-16-. The molecule has 166 valence electrons. The maximum absolute atomic E-state index is 13.5. The molecular weight excluding hydrogens is 403 g/mol. The Kier molecular flexibility index (Phi) is 5.76. The Balaban J connectivity index is 1.60. The van der Waals surface area contributed by atoms with Crippen molar-refractivity contribution in [3.05, 3.63) is 77.1 Å². The van der Waals surface area contributed by atoms with Crippen LogP contribution in [0.4, 0.5) is 4.39 Å². The van der Waals surface area contributed by atoms with Gasteiger partial charge >= 0.3 is 0 Å². The van der Waals surface area contributed by atoms with E-state index in [0.29, 0.717) is 5.92 Å². The lowest BCUT2D eigenvalue weighted by atomic mass is 9.95. The molecule has 32 heavy (non-hydrogen) atoms. The molecule has 5 rings (SSSR count). The zero-order valence-corrected chi connectivity index (χ0v) is 18.3. The first-order chi connectivity index (χ1) is 15.7. The molecule has 3 aliphatic rings. The fourth-order valence-electron chi connectivity index (χ4n) is 4.65. The number of benzene rings is 1. The third-order valence-electron chi connectivity index (χ3n) is 6.58. The van der Waals surface area contributed by atoms with Crippen molar-refractivity contribution < 1.29 is 4.39 Å². The second-order valence-electron chi connectivity index (χ2n) is 8.64. The second-order valence-corrected chi connectivity index (χ2v) is 8.64. The number of amidine groups is 1. The van der Waals surface area contributed by atoms with Crippen LogP contribution in [0.2, 0.25) is 0 Å². The van der Waals surface area contributed by atoms with Gasteiger partial charge in [0, 0.05) is 61.5 Å². The van der Waals surface area contributed by atoms with Gasteiger partial charge < -0.3 is 16.4 Å². The van der Waals surface area contributed by atoms with Crippen molar-refractivity contribution in [2.45, 2.75) is 25.9 Å². The van der Waals surface area contributed by atoms with Gasteiger partial charge in [-0.1, -0.05) is 17.7 Å². The van der Waals surface area contributed by atoms with Gasteiger partial charge in [-0.25, -0.2) is 9.38 Å². The van der Waals surface area contributed by atoms with Crippen LogP contribution in [0, 0.1) is 11.7 Å². The monoisotopic (exact) mass is 432 g/mol. The van der Waals surface area contributed by atoms with Crippen molar-refractivity contribution in [3.63, 3.8) is 0 Å². The topological polar surface area (TPSA) is 78.6 Å². The van der Waals surface area contributed by atoms with Crippen LogP contribution in [0.15, 0.2) is 70.8 Å². The Labute approximate surface area is 188 Å². The summed E-state index contributed by atoms with van der Waals surface area (Å²) in [4.78, 5) is 11.8. The number of piperazine rings is 1. The van der Waals surface area contributed by atoms with E-state index in [2.05, 4.69) is 27.4 Å².